The van der Waals surface area contributed by atoms with Crippen molar-refractivity contribution in [1.29, 1.82) is 0 Å². The van der Waals surface area contributed by atoms with Gasteiger partial charge in [0.1, 0.15) is 5.82 Å². The number of hydrogen-bond donors (Lipinski definition) is 1. The molecule has 2 aromatic carbocycles. The molecule has 0 fully saturated rings. The molecule has 2 aromatic rings. The monoisotopic (exact) mass is 369 g/mol. The van der Waals surface area contributed by atoms with E-state index in [0.717, 1.165) is 18.2 Å². The van der Waals surface area contributed by atoms with Gasteiger partial charge >= 0.3 is 5.97 Å². The summed E-state index contributed by atoms with van der Waals surface area (Å²) in [4.78, 5) is 11.2. The Kier molecular flexibility index (Phi) is 5.58. The van der Waals surface area contributed by atoms with Crippen LogP contribution >= 0.6 is 11.6 Å². The van der Waals surface area contributed by atoms with Crippen LogP contribution in [0.15, 0.2) is 53.4 Å². The Morgan fingerprint density at radius 2 is 1.92 bits per heavy atom. The van der Waals surface area contributed by atoms with Gasteiger partial charge < -0.3 is 4.74 Å². The molecule has 0 aliphatic carbocycles. The summed E-state index contributed by atoms with van der Waals surface area (Å²) < 4.78 is 45.2. The Balaban J connectivity index is 2.44. The van der Waals surface area contributed by atoms with Gasteiger partial charge in [0.15, 0.2) is 0 Å². The number of benzene rings is 2. The maximum absolute atomic E-state index is 13.7. The highest BCUT2D eigenvalue weighted by Gasteiger charge is 2.17. The maximum Gasteiger partial charge on any atom is 0.330 e. The van der Waals surface area contributed by atoms with Gasteiger partial charge in [-0.05, 0) is 30.3 Å². The van der Waals surface area contributed by atoms with Crippen LogP contribution in [0.2, 0.25) is 5.02 Å². The lowest BCUT2D eigenvalue weighted by molar-refractivity contribution is -0.134. The van der Waals surface area contributed by atoms with Crippen molar-refractivity contribution in [2.75, 3.05) is 11.8 Å². The van der Waals surface area contributed by atoms with Crippen LogP contribution in [0, 0.1) is 5.82 Å². The minimum Gasteiger partial charge on any atom is -0.466 e. The second-order valence-electron chi connectivity index (χ2n) is 4.63. The van der Waals surface area contributed by atoms with E-state index in [9.17, 15) is 17.6 Å². The molecule has 0 aliphatic heterocycles. The SMILES string of the molecule is COC(=O)C=Cc1cc(F)c(Cl)cc1NS(=O)(=O)c1ccccc1. The van der Waals surface area contributed by atoms with Crippen LogP contribution < -0.4 is 4.72 Å². The topological polar surface area (TPSA) is 72.5 Å². The van der Waals surface area contributed by atoms with Crippen molar-refractivity contribution in [2.24, 2.45) is 0 Å². The van der Waals surface area contributed by atoms with Gasteiger partial charge in [0, 0.05) is 11.6 Å². The molecule has 0 spiro atoms. The summed E-state index contributed by atoms with van der Waals surface area (Å²) >= 11 is 5.73. The Bertz CT molecular complexity index is 882. The van der Waals surface area contributed by atoms with Crippen molar-refractivity contribution >= 4 is 39.4 Å². The molecule has 2 rings (SSSR count). The Hall–Kier alpha value is -2.38. The van der Waals surface area contributed by atoms with Crippen LogP contribution in [0.3, 0.4) is 0 Å². The molecule has 126 valence electrons. The lowest BCUT2D eigenvalue weighted by Crippen LogP contribution is -2.13. The van der Waals surface area contributed by atoms with E-state index in [1.165, 1.54) is 25.3 Å². The molecule has 0 atom stereocenters. The molecule has 0 aromatic heterocycles. The highest BCUT2D eigenvalue weighted by Crippen LogP contribution is 2.27. The zero-order chi connectivity index (χ0) is 17.7. The Labute approximate surface area is 143 Å². The summed E-state index contributed by atoms with van der Waals surface area (Å²) in [5.41, 5.74) is 0.159. The number of methoxy groups -OCH3 is 1. The molecule has 0 amide bonds. The Morgan fingerprint density at radius 3 is 2.54 bits per heavy atom. The van der Waals surface area contributed by atoms with Gasteiger partial charge in [0.25, 0.3) is 10.0 Å². The maximum atomic E-state index is 13.7. The van der Waals surface area contributed by atoms with Crippen molar-refractivity contribution in [3.05, 3.63) is 64.9 Å². The van der Waals surface area contributed by atoms with Crippen LogP contribution in [0.25, 0.3) is 6.08 Å². The van der Waals surface area contributed by atoms with Crippen LogP contribution in [-0.2, 0) is 19.6 Å². The van der Waals surface area contributed by atoms with E-state index >= 15 is 0 Å². The fourth-order valence-corrected chi connectivity index (χ4v) is 3.08. The standard InChI is InChI=1S/C16H13ClFNO4S/c1-23-16(20)8-7-11-9-14(18)13(17)10-15(11)19-24(21,22)12-5-3-2-4-6-12/h2-10,19H,1H3. The fourth-order valence-electron chi connectivity index (χ4n) is 1.82. The van der Waals surface area contributed by atoms with E-state index < -0.39 is 21.8 Å². The first-order valence-corrected chi connectivity index (χ1v) is 8.52. The highest BCUT2D eigenvalue weighted by atomic mass is 35.5. The van der Waals surface area contributed by atoms with Crippen LogP contribution in [0.1, 0.15) is 5.56 Å². The van der Waals surface area contributed by atoms with E-state index in [2.05, 4.69) is 9.46 Å². The fraction of sp³-hybridized carbons (Fsp3) is 0.0625. The number of ether oxygens (including phenoxy) is 1. The third kappa shape index (κ3) is 4.33. The van der Waals surface area contributed by atoms with Gasteiger partial charge in [-0.3, -0.25) is 4.72 Å². The molecule has 8 heteroatoms. The van der Waals surface area contributed by atoms with E-state index in [1.54, 1.807) is 18.2 Å². The number of carbonyl (C=O) groups is 1. The number of halogens is 2. The second kappa shape index (κ2) is 7.46. The van der Waals surface area contributed by atoms with E-state index in [0.29, 0.717) is 0 Å². The van der Waals surface area contributed by atoms with E-state index in [1.807, 2.05) is 0 Å². The molecule has 1 N–H and O–H groups in total. The van der Waals surface area contributed by atoms with Crippen LogP contribution in [-0.4, -0.2) is 21.5 Å². The highest BCUT2D eigenvalue weighted by molar-refractivity contribution is 7.92. The average molecular weight is 370 g/mol. The van der Waals surface area contributed by atoms with Gasteiger partial charge in [0.2, 0.25) is 0 Å². The summed E-state index contributed by atoms with van der Waals surface area (Å²) in [6.07, 6.45) is 2.27. The van der Waals surface area contributed by atoms with Gasteiger partial charge in [-0.25, -0.2) is 17.6 Å². The molecule has 5 nitrogen and oxygen atoms in total. The quantitative estimate of drug-likeness (QED) is 0.647. The molecule has 0 saturated heterocycles. The average Bonchev–Trinajstić information content (AvgIpc) is 2.57. The minimum atomic E-state index is -3.89. The smallest absolute Gasteiger partial charge is 0.330 e. The summed E-state index contributed by atoms with van der Waals surface area (Å²) in [7, 11) is -2.70. The van der Waals surface area contributed by atoms with Crippen molar-refractivity contribution in [3.8, 4) is 0 Å². The molecule has 0 saturated carbocycles. The molecule has 0 aliphatic rings. The molecular formula is C16H13ClFNO4S. The molecule has 0 unspecified atom stereocenters. The third-order valence-electron chi connectivity index (χ3n) is 2.99. The van der Waals surface area contributed by atoms with Gasteiger partial charge in [0.05, 0.1) is 22.7 Å². The zero-order valence-corrected chi connectivity index (χ0v) is 14.1. The number of anilines is 1. The number of esters is 1. The van der Waals surface area contributed by atoms with E-state index in [4.69, 9.17) is 11.6 Å². The molecule has 24 heavy (non-hydrogen) atoms. The molecular weight excluding hydrogens is 357 g/mol. The first-order chi connectivity index (χ1) is 11.3. The van der Waals surface area contributed by atoms with Crippen molar-refractivity contribution < 1.29 is 22.3 Å². The summed E-state index contributed by atoms with van der Waals surface area (Å²) in [6, 6.07) is 9.81. The number of sulfonamides is 1. The first kappa shape index (κ1) is 18.0. The van der Waals surface area contributed by atoms with Gasteiger partial charge in [-0.1, -0.05) is 29.8 Å². The van der Waals surface area contributed by atoms with Crippen LogP contribution in [0.4, 0.5) is 10.1 Å². The largest absolute Gasteiger partial charge is 0.466 e. The Morgan fingerprint density at radius 1 is 1.25 bits per heavy atom. The van der Waals surface area contributed by atoms with Crippen LogP contribution in [0.5, 0.6) is 0 Å². The minimum absolute atomic E-state index is 0.0328. The lowest BCUT2D eigenvalue weighted by Gasteiger charge is -2.12. The van der Waals surface area contributed by atoms with E-state index in [-0.39, 0.29) is 21.2 Å². The van der Waals surface area contributed by atoms with Crippen molar-refractivity contribution in [2.45, 2.75) is 4.90 Å². The second-order valence-corrected chi connectivity index (χ2v) is 6.72. The number of nitrogens with one attached hydrogen (secondary N) is 1. The lowest BCUT2D eigenvalue weighted by atomic mass is 10.1. The number of rotatable bonds is 5. The predicted octanol–water partition coefficient (Wildman–Crippen LogP) is 3.47. The molecule has 0 bridgehead atoms. The summed E-state index contributed by atoms with van der Waals surface area (Å²) in [5, 5.41) is -0.254. The first-order valence-electron chi connectivity index (χ1n) is 6.66. The summed E-state index contributed by atoms with van der Waals surface area (Å²) in [5.74, 6) is -1.41. The van der Waals surface area contributed by atoms with Crippen molar-refractivity contribution in [3.63, 3.8) is 0 Å². The van der Waals surface area contributed by atoms with Gasteiger partial charge in [-0.15, -0.1) is 0 Å². The zero-order valence-electron chi connectivity index (χ0n) is 12.5. The molecule has 0 radical (unpaired) electrons. The number of carbonyl (C=O) groups excluding carboxylic acids is 1. The normalized spacial score (nSPS) is 11.5. The molecule has 0 heterocycles. The van der Waals surface area contributed by atoms with Gasteiger partial charge in [-0.2, -0.15) is 0 Å². The van der Waals surface area contributed by atoms with Crippen molar-refractivity contribution in [1.82, 2.24) is 0 Å². The number of hydrogen-bond acceptors (Lipinski definition) is 4. The summed E-state index contributed by atoms with van der Waals surface area (Å²) in [6.45, 7) is 0. The third-order valence-corrected chi connectivity index (χ3v) is 4.66. The predicted molar refractivity (Wildman–Crippen MR) is 89.7 cm³/mol.